The van der Waals surface area contributed by atoms with Crippen molar-refractivity contribution < 1.29 is 4.79 Å². The normalized spacial score (nSPS) is 10.9. The van der Waals surface area contributed by atoms with Gasteiger partial charge in [0.25, 0.3) is 0 Å². The highest BCUT2D eigenvalue weighted by Gasteiger charge is 2.04. The van der Waals surface area contributed by atoms with Gasteiger partial charge in [0.2, 0.25) is 5.91 Å². The Morgan fingerprint density at radius 1 is 1.39 bits per heavy atom. The van der Waals surface area contributed by atoms with Gasteiger partial charge in [0.1, 0.15) is 6.54 Å². The SMILES string of the molecule is CCCNCc1ccc2c(ccn2CC(N)=O)c1. The van der Waals surface area contributed by atoms with Crippen LogP contribution in [0.25, 0.3) is 10.9 Å². The van der Waals surface area contributed by atoms with Crippen LogP contribution >= 0.6 is 0 Å². The Kier molecular flexibility index (Phi) is 3.99. The summed E-state index contributed by atoms with van der Waals surface area (Å²) in [6.45, 7) is 4.29. The summed E-state index contributed by atoms with van der Waals surface area (Å²) >= 11 is 0. The van der Waals surface area contributed by atoms with E-state index in [2.05, 4.69) is 24.4 Å². The second-order valence-corrected chi connectivity index (χ2v) is 4.48. The fraction of sp³-hybridized carbons (Fsp3) is 0.357. The summed E-state index contributed by atoms with van der Waals surface area (Å²) in [6, 6.07) is 8.29. The smallest absolute Gasteiger partial charge is 0.237 e. The molecule has 0 unspecified atom stereocenters. The molecule has 0 bridgehead atoms. The molecule has 0 spiro atoms. The van der Waals surface area contributed by atoms with E-state index < -0.39 is 0 Å². The number of amides is 1. The summed E-state index contributed by atoms with van der Waals surface area (Å²) in [4.78, 5) is 10.9. The number of carbonyl (C=O) groups is 1. The topological polar surface area (TPSA) is 60.1 Å². The maximum atomic E-state index is 10.9. The van der Waals surface area contributed by atoms with Crippen molar-refractivity contribution in [3.63, 3.8) is 0 Å². The standard InChI is InChI=1S/C14H19N3O/c1-2-6-16-9-11-3-4-13-12(8-11)5-7-17(13)10-14(15)18/h3-5,7-8,16H,2,6,9-10H2,1H3,(H2,15,18). The van der Waals surface area contributed by atoms with Gasteiger partial charge < -0.3 is 15.6 Å². The first-order valence-electron chi connectivity index (χ1n) is 6.27. The molecule has 0 saturated carbocycles. The maximum Gasteiger partial charge on any atom is 0.237 e. The van der Waals surface area contributed by atoms with Gasteiger partial charge >= 0.3 is 0 Å². The zero-order valence-electron chi connectivity index (χ0n) is 10.6. The fourth-order valence-electron chi connectivity index (χ4n) is 2.07. The van der Waals surface area contributed by atoms with Crippen LogP contribution in [-0.2, 0) is 17.9 Å². The molecule has 0 aliphatic heterocycles. The van der Waals surface area contributed by atoms with Gasteiger partial charge in [-0.25, -0.2) is 0 Å². The Labute approximate surface area is 107 Å². The van der Waals surface area contributed by atoms with E-state index in [1.54, 1.807) is 0 Å². The van der Waals surface area contributed by atoms with E-state index in [9.17, 15) is 4.79 Å². The molecule has 0 fully saturated rings. The van der Waals surface area contributed by atoms with Crippen LogP contribution in [0.3, 0.4) is 0 Å². The summed E-state index contributed by atoms with van der Waals surface area (Å²) in [5.41, 5.74) is 7.52. The minimum atomic E-state index is -0.318. The number of benzene rings is 1. The fourth-order valence-corrected chi connectivity index (χ4v) is 2.07. The lowest BCUT2D eigenvalue weighted by molar-refractivity contribution is -0.118. The number of carbonyl (C=O) groups excluding carboxylic acids is 1. The molecule has 2 aromatic rings. The highest BCUT2D eigenvalue weighted by atomic mass is 16.1. The largest absolute Gasteiger partial charge is 0.368 e. The lowest BCUT2D eigenvalue weighted by Crippen LogP contribution is -2.17. The van der Waals surface area contributed by atoms with Crippen molar-refractivity contribution in [1.82, 2.24) is 9.88 Å². The van der Waals surface area contributed by atoms with Gasteiger partial charge in [-0.05, 0) is 42.1 Å². The summed E-state index contributed by atoms with van der Waals surface area (Å²) in [5.74, 6) is -0.318. The van der Waals surface area contributed by atoms with Crippen molar-refractivity contribution in [3.05, 3.63) is 36.0 Å². The first-order valence-corrected chi connectivity index (χ1v) is 6.27. The van der Waals surface area contributed by atoms with E-state index in [4.69, 9.17) is 5.73 Å². The Morgan fingerprint density at radius 3 is 2.94 bits per heavy atom. The molecule has 1 aromatic carbocycles. The van der Waals surface area contributed by atoms with Crippen molar-refractivity contribution in [2.75, 3.05) is 6.54 Å². The second kappa shape index (κ2) is 5.69. The number of rotatable bonds is 6. The molecule has 0 aliphatic carbocycles. The zero-order valence-corrected chi connectivity index (χ0v) is 10.6. The predicted molar refractivity (Wildman–Crippen MR) is 73.1 cm³/mol. The monoisotopic (exact) mass is 245 g/mol. The number of hydrogen-bond acceptors (Lipinski definition) is 2. The Balaban J connectivity index is 2.17. The Morgan fingerprint density at radius 2 is 2.22 bits per heavy atom. The third-order valence-corrected chi connectivity index (χ3v) is 2.92. The molecule has 18 heavy (non-hydrogen) atoms. The molecule has 0 saturated heterocycles. The van der Waals surface area contributed by atoms with Crippen molar-refractivity contribution >= 4 is 16.8 Å². The van der Waals surface area contributed by atoms with Gasteiger partial charge in [-0.2, -0.15) is 0 Å². The summed E-state index contributed by atoms with van der Waals surface area (Å²) in [7, 11) is 0. The number of nitrogens with two attached hydrogens (primary N) is 1. The molecule has 2 rings (SSSR count). The van der Waals surface area contributed by atoms with Crippen LogP contribution in [0.5, 0.6) is 0 Å². The van der Waals surface area contributed by atoms with Crippen LogP contribution in [0, 0.1) is 0 Å². The molecule has 1 heterocycles. The highest BCUT2D eigenvalue weighted by Crippen LogP contribution is 2.17. The average Bonchev–Trinajstić information content (AvgIpc) is 2.72. The molecular weight excluding hydrogens is 226 g/mol. The van der Waals surface area contributed by atoms with Gasteiger partial charge in [-0.3, -0.25) is 4.79 Å². The van der Waals surface area contributed by atoms with Crippen LogP contribution in [-0.4, -0.2) is 17.0 Å². The summed E-state index contributed by atoms with van der Waals surface area (Å²) in [6.07, 6.45) is 3.04. The average molecular weight is 245 g/mol. The van der Waals surface area contributed by atoms with E-state index in [1.165, 1.54) is 5.56 Å². The number of primary amides is 1. The second-order valence-electron chi connectivity index (χ2n) is 4.48. The highest BCUT2D eigenvalue weighted by molar-refractivity contribution is 5.83. The van der Waals surface area contributed by atoms with Gasteiger partial charge in [0.05, 0.1) is 0 Å². The van der Waals surface area contributed by atoms with Crippen LogP contribution in [0.4, 0.5) is 0 Å². The van der Waals surface area contributed by atoms with Crippen LogP contribution in [0.15, 0.2) is 30.5 Å². The van der Waals surface area contributed by atoms with Crippen molar-refractivity contribution in [1.29, 1.82) is 0 Å². The third kappa shape index (κ3) is 2.90. The summed E-state index contributed by atoms with van der Waals surface area (Å²) in [5, 5.41) is 4.52. The van der Waals surface area contributed by atoms with Gasteiger partial charge in [0, 0.05) is 18.3 Å². The van der Waals surface area contributed by atoms with Crippen LogP contribution in [0.1, 0.15) is 18.9 Å². The molecule has 3 N–H and O–H groups in total. The van der Waals surface area contributed by atoms with Gasteiger partial charge in [-0.15, -0.1) is 0 Å². The Hall–Kier alpha value is -1.81. The zero-order chi connectivity index (χ0) is 13.0. The van der Waals surface area contributed by atoms with E-state index in [0.29, 0.717) is 0 Å². The van der Waals surface area contributed by atoms with Gasteiger partial charge in [0.15, 0.2) is 0 Å². The molecule has 0 atom stereocenters. The number of nitrogens with one attached hydrogen (secondary N) is 1. The maximum absolute atomic E-state index is 10.9. The third-order valence-electron chi connectivity index (χ3n) is 2.92. The summed E-state index contributed by atoms with van der Waals surface area (Å²) < 4.78 is 1.88. The minimum absolute atomic E-state index is 0.233. The first-order chi connectivity index (χ1) is 8.70. The van der Waals surface area contributed by atoms with Gasteiger partial charge in [-0.1, -0.05) is 13.0 Å². The van der Waals surface area contributed by atoms with Crippen LogP contribution < -0.4 is 11.1 Å². The van der Waals surface area contributed by atoms with E-state index in [-0.39, 0.29) is 12.5 Å². The molecule has 4 heteroatoms. The molecular formula is C14H19N3O. The van der Waals surface area contributed by atoms with Crippen molar-refractivity contribution in [2.24, 2.45) is 5.73 Å². The number of hydrogen-bond donors (Lipinski definition) is 2. The molecule has 96 valence electrons. The van der Waals surface area contributed by atoms with Crippen molar-refractivity contribution in [3.8, 4) is 0 Å². The molecule has 0 aliphatic rings. The number of nitrogens with zero attached hydrogens (tertiary/aromatic N) is 1. The quantitative estimate of drug-likeness (QED) is 0.760. The molecule has 1 aromatic heterocycles. The van der Waals surface area contributed by atoms with E-state index in [0.717, 1.165) is 30.4 Å². The Bertz CT molecular complexity index is 545. The predicted octanol–water partition coefficient (Wildman–Crippen LogP) is 1.63. The van der Waals surface area contributed by atoms with Crippen molar-refractivity contribution in [2.45, 2.75) is 26.4 Å². The number of fused-ring (bicyclic) bond motifs is 1. The lowest BCUT2D eigenvalue weighted by atomic mass is 10.1. The van der Waals surface area contributed by atoms with E-state index in [1.807, 2.05) is 22.9 Å². The molecule has 4 nitrogen and oxygen atoms in total. The van der Waals surface area contributed by atoms with E-state index >= 15 is 0 Å². The molecule has 1 amide bonds. The molecule has 0 radical (unpaired) electrons. The minimum Gasteiger partial charge on any atom is -0.368 e. The number of aromatic nitrogens is 1. The first kappa shape index (κ1) is 12.6. The van der Waals surface area contributed by atoms with Crippen LogP contribution in [0.2, 0.25) is 0 Å². The lowest BCUT2D eigenvalue weighted by Gasteiger charge is -2.05.